The lowest BCUT2D eigenvalue weighted by atomic mass is 10.1. The van der Waals surface area contributed by atoms with Gasteiger partial charge in [0.2, 0.25) is 0 Å². The number of hydrogen-bond donors (Lipinski definition) is 1. The van der Waals surface area contributed by atoms with Crippen molar-refractivity contribution in [1.29, 1.82) is 0 Å². The standard InChI is InChI=1S/C25H21N3O3/c1-2-31-25(30)19-13-15-20(16-14-19)26-24(29)22-17-28(21-11-7-4-8-12-21)27-23(22)18-9-5-3-6-10-18/h3-17H,2H2,1H3,(H,26,29). The van der Waals surface area contributed by atoms with E-state index in [1.54, 1.807) is 42.1 Å². The summed E-state index contributed by atoms with van der Waals surface area (Å²) < 4.78 is 6.69. The summed E-state index contributed by atoms with van der Waals surface area (Å²) in [4.78, 5) is 24.9. The zero-order valence-electron chi connectivity index (χ0n) is 17.0. The highest BCUT2D eigenvalue weighted by atomic mass is 16.5. The minimum atomic E-state index is -0.393. The lowest BCUT2D eigenvalue weighted by Gasteiger charge is -2.07. The molecule has 0 aliphatic rings. The van der Waals surface area contributed by atoms with Crippen molar-refractivity contribution < 1.29 is 14.3 Å². The smallest absolute Gasteiger partial charge is 0.338 e. The topological polar surface area (TPSA) is 73.2 Å². The summed E-state index contributed by atoms with van der Waals surface area (Å²) in [5.41, 5.74) is 3.75. The van der Waals surface area contributed by atoms with Crippen molar-refractivity contribution in [2.45, 2.75) is 6.92 Å². The van der Waals surface area contributed by atoms with Gasteiger partial charge in [0.1, 0.15) is 5.69 Å². The van der Waals surface area contributed by atoms with Gasteiger partial charge in [-0.15, -0.1) is 0 Å². The van der Waals surface area contributed by atoms with Crippen LogP contribution >= 0.6 is 0 Å². The fraction of sp³-hybridized carbons (Fsp3) is 0.0800. The van der Waals surface area contributed by atoms with E-state index in [1.807, 2.05) is 60.7 Å². The Kier molecular flexibility index (Phi) is 5.89. The molecule has 0 saturated heterocycles. The number of amides is 1. The molecule has 1 heterocycles. The molecule has 4 rings (SSSR count). The lowest BCUT2D eigenvalue weighted by Crippen LogP contribution is -2.12. The highest BCUT2D eigenvalue weighted by Crippen LogP contribution is 2.25. The van der Waals surface area contributed by atoms with E-state index >= 15 is 0 Å². The van der Waals surface area contributed by atoms with Crippen molar-refractivity contribution in [3.63, 3.8) is 0 Å². The van der Waals surface area contributed by atoms with Crippen molar-refractivity contribution in [2.75, 3.05) is 11.9 Å². The molecular formula is C25H21N3O3. The second kappa shape index (κ2) is 9.09. The van der Waals surface area contributed by atoms with Crippen molar-refractivity contribution in [1.82, 2.24) is 9.78 Å². The van der Waals surface area contributed by atoms with Crippen LogP contribution in [-0.2, 0) is 4.74 Å². The van der Waals surface area contributed by atoms with Gasteiger partial charge in [-0.3, -0.25) is 4.79 Å². The molecule has 6 heteroatoms. The van der Waals surface area contributed by atoms with Crippen LogP contribution in [0.1, 0.15) is 27.6 Å². The number of nitrogens with zero attached hydrogens (tertiary/aromatic N) is 2. The Morgan fingerprint density at radius 1 is 0.903 bits per heavy atom. The maximum atomic E-state index is 13.1. The van der Waals surface area contributed by atoms with Gasteiger partial charge in [-0.1, -0.05) is 48.5 Å². The van der Waals surface area contributed by atoms with Crippen LogP contribution < -0.4 is 5.32 Å². The first-order valence-corrected chi connectivity index (χ1v) is 9.94. The van der Waals surface area contributed by atoms with Gasteiger partial charge in [-0.2, -0.15) is 5.10 Å². The molecule has 0 bridgehead atoms. The molecule has 0 aliphatic heterocycles. The van der Waals surface area contributed by atoms with Crippen LogP contribution in [0.5, 0.6) is 0 Å². The first-order chi connectivity index (χ1) is 15.2. The van der Waals surface area contributed by atoms with Crippen LogP contribution in [0.4, 0.5) is 5.69 Å². The molecule has 0 atom stereocenters. The third-order valence-electron chi connectivity index (χ3n) is 4.68. The second-order valence-corrected chi connectivity index (χ2v) is 6.79. The Morgan fingerprint density at radius 3 is 2.19 bits per heavy atom. The first-order valence-electron chi connectivity index (χ1n) is 9.94. The van der Waals surface area contributed by atoms with E-state index in [9.17, 15) is 9.59 Å². The summed E-state index contributed by atoms with van der Waals surface area (Å²) in [5.74, 6) is -0.680. The Morgan fingerprint density at radius 2 is 1.55 bits per heavy atom. The molecule has 31 heavy (non-hydrogen) atoms. The molecule has 1 amide bonds. The maximum absolute atomic E-state index is 13.1. The number of hydrogen-bond acceptors (Lipinski definition) is 4. The number of aromatic nitrogens is 2. The van der Waals surface area contributed by atoms with E-state index in [4.69, 9.17) is 4.74 Å². The molecule has 154 valence electrons. The molecule has 1 aromatic heterocycles. The molecule has 0 radical (unpaired) electrons. The van der Waals surface area contributed by atoms with Crippen molar-refractivity contribution in [3.8, 4) is 16.9 Å². The minimum Gasteiger partial charge on any atom is -0.462 e. The monoisotopic (exact) mass is 411 g/mol. The number of para-hydroxylation sites is 1. The van der Waals surface area contributed by atoms with Gasteiger partial charge in [0.25, 0.3) is 5.91 Å². The molecular weight excluding hydrogens is 390 g/mol. The second-order valence-electron chi connectivity index (χ2n) is 6.79. The number of esters is 1. The van der Waals surface area contributed by atoms with E-state index in [0.29, 0.717) is 29.1 Å². The normalized spacial score (nSPS) is 10.5. The number of nitrogens with one attached hydrogen (secondary N) is 1. The summed E-state index contributed by atoms with van der Waals surface area (Å²) in [7, 11) is 0. The lowest BCUT2D eigenvalue weighted by molar-refractivity contribution is 0.0526. The maximum Gasteiger partial charge on any atom is 0.338 e. The number of rotatable bonds is 6. The largest absolute Gasteiger partial charge is 0.462 e. The number of ether oxygens (including phenoxy) is 1. The van der Waals surface area contributed by atoms with Gasteiger partial charge < -0.3 is 10.1 Å². The summed E-state index contributed by atoms with van der Waals surface area (Å²) in [5, 5.41) is 7.55. The molecule has 4 aromatic rings. The molecule has 3 aromatic carbocycles. The average Bonchev–Trinajstić information content (AvgIpc) is 3.27. The summed E-state index contributed by atoms with van der Waals surface area (Å²) >= 11 is 0. The number of carbonyl (C=O) groups is 2. The molecule has 6 nitrogen and oxygen atoms in total. The average molecular weight is 411 g/mol. The molecule has 0 saturated carbocycles. The van der Waals surface area contributed by atoms with Crippen LogP contribution in [0.3, 0.4) is 0 Å². The predicted molar refractivity (Wildman–Crippen MR) is 119 cm³/mol. The fourth-order valence-electron chi connectivity index (χ4n) is 3.16. The van der Waals surface area contributed by atoms with Crippen LogP contribution in [0, 0.1) is 0 Å². The molecule has 0 aliphatic carbocycles. The van der Waals surface area contributed by atoms with Gasteiger partial charge in [0, 0.05) is 17.4 Å². The third-order valence-corrected chi connectivity index (χ3v) is 4.68. The molecule has 0 unspecified atom stereocenters. The predicted octanol–water partition coefficient (Wildman–Crippen LogP) is 4.97. The van der Waals surface area contributed by atoms with Gasteiger partial charge in [-0.05, 0) is 43.3 Å². The number of carbonyl (C=O) groups excluding carboxylic acids is 2. The SMILES string of the molecule is CCOC(=O)c1ccc(NC(=O)c2cn(-c3ccccc3)nc2-c2ccccc2)cc1. The summed E-state index contributed by atoms with van der Waals surface area (Å²) in [6.45, 7) is 2.07. The van der Waals surface area contributed by atoms with Crippen molar-refractivity contribution >= 4 is 17.6 Å². The zero-order valence-corrected chi connectivity index (χ0v) is 17.0. The van der Waals surface area contributed by atoms with E-state index in [1.165, 1.54) is 0 Å². The van der Waals surface area contributed by atoms with E-state index in [2.05, 4.69) is 10.4 Å². The Hall–Kier alpha value is -4.19. The number of anilines is 1. The van der Waals surface area contributed by atoms with Crippen molar-refractivity contribution in [2.24, 2.45) is 0 Å². The highest BCUT2D eigenvalue weighted by Gasteiger charge is 2.19. The van der Waals surface area contributed by atoms with Gasteiger partial charge >= 0.3 is 5.97 Å². The van der Waals surface area contributed by atoms with Gasteiger partial charge in [-0.25, -0.2) is 9.48 Å². The number of benzene rings is 3. The summed E-state index contributed by atoms with van der Waals surface area (Å²) in [6.07, 6.45) is 1.72. The van der Waals surface area contributed by atoms with Gasteiger partial charge in [0.15, 0.2) is 0 Å². The van der Waals surface area contributed by atoms with E-state index in [0.717, 1.165) is 11.3 Å². The van der Waals surface area contributed by atoms with Crippen LogP contribution in [0.2, 0.25) is 0 Å². The fourth-order valence-corrected chi connectivity index (χ4v) is 3.16. The van der Waals surface area contributed by atoms with Crippen molar-refractivity contribution in [3.05, 3.63) is 102 Å². The van der Waals surface area contributed by atoms with E-state index in [-0.39, 0.29) is 5.91 Å². The summed E-state index contributed by atoms with van der Waals surface area (Å²) in [6, 6.07) is 25.8. The molecule has 1 N–H and O–H groups in total. The molecule has 0 spiro atoms. The minimum absolute atomic E-state index is 0.287. The Balaban J connectivity index is 1.64. The Bertz CT molecular complexity index is 1180. The van der Waals surface area contributed by atoms with Crippen LogP contribution in [0.15, 0.2) is 91.1 Å². The quantitative estimate of drug-likeness (QED) is 0.455. The zero-order chi connectivity index (χ0) is 21.6. The van der Waals surface area contributed by atoms with E-state index < -0.39 is 5.97 Å². The van der Waals surface area contributed by atoms with Crippen LogP contribution in [0.25, 0.3) is 16.9 Å². The van der Waals surface area contributed by atoms with Crippen LogP contribution in [-0.4, -0.2) is 28.3 Å². The Labute approximate surface area is 180 Å². The first kappa shape index (κ1) is 20.1. The molecule has 0 fully saturated rings. The third kappa shape index (κ3) is 4.53. The highest BCUT2D eigenvalue weighted by molar-refractivity contribution is 6.08. The van der Waals surface area contributed by atoms with Gasteiger partial charge in [0.05, 0.1) is 23.4 Å².